The van der Waals surface area contributed by atoms with Gasteiger partial charge in [-0.25, -0.2) is 0 Å². The molecule has 0 saturated heterocycles. The highest BCUT2D eigenvalue weighted by Crippen LogP contribution is 2.45. The Kier molecular flexibility index (Phi) is 7.85. The van der Waals surface area contributed by atoms with E-state index in [-0.39, 0.29) is 0 Å². The molecule has 0 bridgehead atoms. The van der Waals surface area contributed by atoms with Gasteiger partial charge in [-0.3, -0.25) is 0 Å². The number of para-hydroxylation sites is 2. The molecular formula is C52H35NO. The molecule has 2 nitrogen and oxygen atoms in total. The Hall–Kier alpha value is -7.16. The van der Waals surface area contributed by atoms with E-state index in [1.54, 1.807) is 0 Å². The first-order valence-corrected chi connectivity index (χ1v) is 18.4. The molecule has 9 aromatic carbocycles. The van der Waals surface area contributed by atoms with Crippen LogP contribution in [-0.4, -0.2) is 0 Å². The maximum Gasteiger partial charge on any atom is 0.143 e. The van der Waals surface area contributed by atoms with Crippen molar-refractivity contribution in [3.63, 3.8) is 0 Å². The molecule has 2 heteroatoms. The lowest BCUT2D eigenvalue weighted by atomic mass is 9.94. The Morgan fingerprint density at radius 2 is 0.796 bits per heavy atom. The standard InChI is InChI=1S/C52H35NO/c1-3-12-36(13-4-1)38-22-24-39(25-23-38)41-28-33-44(34-29-41)53(43-31-26-40(27-32-43)37-14-5-2-6-15-37)49-20-9-7-17-45(49)47-19-11-16-42-30-35-48-46-18-8-10-21-50(46)54-52(48)51(42)47/h1-35H. The van der Waals surface area contributed by atoms with Crippen molar-refractivity contribution < 1.29 is 4.42 Å². The minimum atomic E-state index is 0.901. The zero-order valence-electron chi connectivity index (χ0n) is 29.6. The van der Waals surface area contributed by atoms with Crippen molar-refractivity contribution in [2.45, 2.75) is 0 Å². The molecule has 10 rings (SSSR count). The third kappa shape index (κ3) is 5.62. The molecule has 0 aliphatic carbocycles. The minimum absolute atomic E-state index is 0.901. The van der Waals surface area contributed by atoms with Crippen molar-refractivity contribution in [1.82, 2.24) is 0 Å². The van der Waals surface area contributed by atoms with Gasteiger partial charge in [0.1, 0.15) is 11.2 Å². The Balaban J connectivity index is 1.12. The van der Waals surface area contributed by atoms with Crippen LogP contribution in [0.3, 0.4) is 0 Å². The molecule has 0 aliphatic heterocycles. The van der Waals surface area contributed by atoms with Crippen LogP contribution in [-0.2, 0) is 0 Å². The smallest absolute Gasteiger partial charge is 0.143 e. The normalized spacial score (nSPS) is 11.3. The number of anilines is 3. The fraction of sp³-hybridized carbons (Fsp3) is 0. The monoisotopic (exact) mass is 689 g/mol. The number of rotatable bonds is 7. The fourth-order valence-electron chi connectivity index (χ4n) is 7.82. The second-order valence-corrected chi connectivity index (χ2v) is 13.7. The van der Waals surface area contributed by atoms with Gasteiger partial charge in [-0.2, -0.15) is 0 Å². The summed E-state index contributed by atoms with van der Waals surface area (Å²) < 4.78 is 6.63. The number of nitrogens with zero attached hydrogens (tertiary/aromatic N) is 1. The van der Waals surface area contributed by atoms with Crippen molar-refractivity contribution in [1.29, 1.82) is 0 Å². The van der Waals surface area contributed by atoms with Crippen molar-refractivity contribution in [3.8, 4) is 44.5 Å². The molecule has 0 fully saturated rings. The number of hydrogen-bond donors (Lipinski definition) is 0. The van der Waals surface area contributed by atoms with E-state index in [2.05, 4.69) is 211 Å². The minimum Gasteiger partial charge on any atom is -0.455 e. The van der Waals surface area contributed by atoms with E-state index in [0.29, 0.717) is 0 Å². The maximum atomic E-state index is 6.63. The number of fused-ring (bicyclic) bond motifs is 5. The molecule has 0 unspecified atom stereocenters. The highest BCUT2D eigenvalue weighted by Gasteiger charge is 2.21. The van der Waals surface area contributed by atoms with E-state index in [9.17, 15) is 0 Å². The zero-order chi connectivity index (χ0) is 35.8. The van der Waals surface area contributed by atoms with Crippen LogP contribution in [0.15, 0.2) is 217 Å². The van der Waals surface area contributed by atoms with Crippen LogP contribution in [0.25, 0.3) is 77.2 Å². The van der Waals surface area contributed by atoms with Gasteiger partial charge in [0, 0.05) is 33.1 Å². The van der Waals surface area contributed by atoms with E-state index in [0.717, 1.165) is 60.9 Å². The van der Waals surface area contributed by atoms with Crippen molar-refractivity contribution >= 4 is 49.8 Å². The topological polar surface area (TPSA) is 16.4 Å². The molecule has 254 valence electrons. The van der Waals surface area contributed by atoms with Crippen LogP contribution in [0.4, 0.5) is 17.1 Å². The number of benzene rings is 9. The van der Waals surface area contributed by atoms with Gasteiger partial charge in [0.15, 0.2) is 0 Å². The van der Waals surface area contributed by atoms with Gasteiger partial charge in [-0.05, 0) is 86.8 Å². The highest BCUT2D eigenvalue weighted by atomic mass is 16.3. The molecule has 0 N–H and O–H groups in total. The van der Waals surface area contributed by atoms with Crippen molar-refractivity contribution in [2.24, 2.45) is 0 Å². The Bertz CT molecular complexity index is 2890. The van der Waals surface area contributed by atoms with Gasteiger partial charge < -0.3 is 9.32 Å². The average Bonchev–Trinajstić information content (AvgIpc) is 3.64. The van der Waals surface area contributed by atoms with Gasteiger partial charge in [0.2, 0.25) is 0 Å². The summed E-state index contributed by atoms with van der Waals surface area (Å²) in [6, 6.07) is 75.8. The molecule has 0 saturated carbocycles. The van der Waals surface area contributed by atoms with Crippen LogP contribution in [0.5, 0.6) is 0 Å². The predicted octanol–water partition coefficient (Wildman–Crippen LogP) is 14.9. The lowest BCUT2D eigenvalue weighted by Gasteiger charge is -2.28. The molecule has 10 aromatic rings. The SMILES string of the molecule is c1ccc(-c2ccc(-c3ccc(N(c4ccc(-c5ccccc5)cc4)c4ccccc4-c4cccc5ccc6c7ccccc7oc6c45)cc3)cc2)cc1. The molecule has 0 atom stereocenters. The molecule has 0 spiro atoms. The first-order valence-electron chi connectivity index (χ1n) is 18.4. The summed E-state index contributed by atoms with van der Waals surface area (Å²) in [6.07, 6.45) is 0. The highest BCUT2D eigenvalue weighted by molar-refractivity contribution is 6.19. The zero-order valence-corrected chi connectivity index (χ0v) is 29.6. The third-order valence-corrected chi connectivity index (χ3v) is 10.5. The molecule has 1 heterocycles. The first-order chi connectivity index (χ1) is 26.8. The van der Waals surface area contributed by atoms with E-state index >= 15 is 0 Å². The average molecular weight is 690 g/mol. The fourth-order valence-corrected chi connectivity index (χ4v) is 7.82. The van der Waals surface area contributed by atoms with E-state index < -0.39 is 0 Å². The van der Waals surface area contributed by atoms with Gasteiger partial charge >= 0.3 is 0 Å². The van der Waals surface area contributed by atoms with Crippen LogP contribution >= 0.6 is 0 Å². The Morgan fingerprint density at radius 1 is 0.315 bits per heavy atom. The van der Waals surface area contributed by atoms with E-state index in [1.165, 1.54) is 33.4 Å². The third-order valence-electron chi connectivity index (χ3n) is 10.5. The van der Waals surface area contributed by atoms with E-state index in [1.807, 2.05) is 6.07 Å². The molecular weight excluding hydrogens is 655 g/mol. The predicted molar refractivity (Wildman–Crippen MR) is 228 cm³/mol. The first kappa shape index (κ1) is 31.6. The van der Waals surface area contributed by atoms with Gasteiger partial charge in [-0.15, -0.1) is 0 Å². The second kappa shape index (κ2) is 13.4. The van der Waals surface area contributed by atoms with Crippen molar-refractivity contribution in [3.05, 3.63) is 212 Å². The van der Waals surface area contributed by atoms with Gasteiger partial charge in [-0.1, -0.05) is 170 Å². The lowest BCUT2D eigenvalue weighted by molar-refractivity contribution is 0.673. The van der Waals surface area contributed by atoms with Crippen LogP contribution < -0.4 is 4.90 Å². The summed E-state index contributed by atoms with van der Waals surface area (Å²) in [5.74, 6) is 0. The maximum absolute atomic E-state index is 6.63. The molecule has 1 aromatic heterocycles. The van der Waals surface area contributed by atoms with Crippen LogP contribution in [0, 0.1) is 0 Å². The number of furan rings is 1. The van der Waals surface area contributed by atoms with E-state index in [4.69, 9.17) is 4.42 Å². The number of hydrogen-bond acceptors (Lipinski definition) is 2. The van der Waals surface area contributed by atoms with Crippen LogP contribution in [0.1, 0.15) is 0 Å². The summed E-state index contributed by atoms with van der Waals surface area (Å²) in [7, 11) is 0. The summed E-state index contributed by atoms with van der Waals surface area (Å²) in [4.78, 5) is 2.38. The molecule has 54 heavy (non-hydrogen) atoms. The Morgan fingerprint density at radius 3 is 1.41 bits per heavy atom. The summed E-state index contributed by atoms with van der Waals surface area (Å²) in [6.45, 7) is 0. The molecule has 0 amide bonds. The van der Waals surface area contributed by atoms with Gasteiger partial charge in [0.05, 0.1) is 5.69 Å². The van der Waals surface area contributed by atoms with Gasteiger partial charge in [0.25, 0.3) is 0 Å². The van der Waals surface area contributed by atoms with Crippen molar-refractivity contribution in [2.75, 3.05) is 4.90 Å². The summed E-state index contributed by atoms with van der Waals surface area (Å²) in [5.41, 5.74) is 14.5. The summed E-state index contributed by atoms with van der Waals surface area (Å²) >= 11 is 0. The second-order valence-electron chi connectivity index (χ2n) is 13.7. The quantitative estimate of drug-likeness (QED) is 0.166. The largest absolute Gasteiger partial charge is 0.455 e. The summed E-state index contributed by atoms with van der Waals surface area (Å²) in [5, 5.41) is 4.53. The lowest BCUT2D eigenvalue weighted by Crippen LogP contribution is -2.11. The molecule has 0 aliphatic rings. The Labute approximate surface area is 314 Å². The molecule has 0 radical (unpaired) electrons. The van der Waals surface area contributed by atoms with Crippen LogP contribution in [0.2, 0.25) is 0 Å².